The molecule has 1 amide bonds. The highest BCUT2D eigenvalue weighted by Crippen LogP contribution is 2.20. The fraction of sp³-hybridized carbons (Fsp3) is 0.167. The van der Waals surface area contributed by atoms with Gasteiger partial charge in [0.15, 0.2) is 5.16 Å². The maximum absolute atomic E-state index is 12.4. The third-order valence-corrected chi connectivity index (χ3v) is 5.38. The molecule has 0 spiro atoms. The van der Waals surface area contributed by atoms with E-state index in [4.69, 9.17) is 0 Å². The molecule has 1 N–H and O–H groups in total. The van der Waals surface area contributed by atoms with Crippen LogP contribution in [0.5, 0.6) is 0 Å². The number of rotatable bonds is 5. The van der Waals surface area contributed by atoms with Crippen LogP contribution < -0.4 is 10.9 Å². The molecule has 3 rings (SSSR count). The van der Waals surface area contributed by atoms with E-state index in [1.807, 2.05) is 42.7 Å². The number of anilines is 1. The molecule has 3 aromatic rings. The van der Waals surface area contributed by atoms with Gasteiger partial charge in [-0.1, -0.05) is 30.0 Å². The predicted octanol–water partition coefficient (Wildman–Crippen LogP) is 3.39. The van der Waals surface area contributed by atoms with Crippen molar-refractivity contribution in [2.24, 2.45) is 7.05 Å². The zero-order valence-corrected chi connectivity index (χ0v) is 15.5. The van der Waals surface area contributed by atoms with Gasteiger partial charge in [-0.2, -0.15) is 0 Å². The summed E-state index contributed by atoms with van der Waals surface area (Å²) in [4.78, 5) is 30.1. The van der Waals surface area contributed by atoms with Crippen molar-refractivity contribution in [1.82, 2.24) is 9.55 Å². The van der Waals surface area contributed by atoms with Gasteiger partial charge in [-0.05, 0) is 36.6 Å². The minimum Gasteiger partial charge on any atom is -0.325 e. The monoisotopic (exact) mass is 371 g/mol. The van der Waals surface area contributed by atoms with Crippen LogP contribution in [0.2, 0.25) is 0 Å². The van der Waals surface area contributed by atoms with Crippen molar-refractivity contribution in [1.29, 1.82) is 0 Å². The van der Waals surface area contributed by atoms with E-state index in [1.165, 1.54) is 16.3 Å². The normalized spacial score (nSPS) is 10.8. The Kier molecular flexibility index (Phi) is 5.45. The molecule has 0 bridgehead atoms. The summed E-state index contributed by atoms with van der Waals surface area (Å²) in [6.07, 6.45) is 1.99. The molecular formula is C18H17N3O2S2. The molecule has 0 aliphatic heterocycles. The Morgan fingerprint density at radius 1 is 1.20 bits per heavy atom. The number of thioether (sulfide) groups is 2. The summed E-state index contributed by atoms with van der Waals surface area (Å²) in [7, 11) is 1.67. The average Bonchev–Trinajstić information content (AvgIpc) is 2.63. The minimum absolute atomic E-state index is 0.110. The summed E-state index contributed by atoms with van der Waals surface area (Å²) in [5.74, 6) is 0.0490. The highest BCUT2D eigenvalue weighted by molar-refractivity contribution is 7.99. The number of hydrogen-bond acceptors (Lipinski definition) is 5. The van der Waals surface area contributed by atoms with Gasteiger partial charge in [-0.15, -0.1) is 11.8 Å². The van der Waals surface area contributed by atoms with E-state index in [9.17, 15) is 9.59 Å². The van der Waals surface area contributed by atoms with Gasteiger partial charge in [0.2, 0.25) is 5.91 Å². The van der Waals surface area contributed by atoms with Gasteiger partial charge in [0.25, 0.3) is 5.56 Å². The molecular weight excluding hydrogens is 354 g/mol. The smallest absolute Gasteiger partial charge is 0.261 e. The Labute approximate surface area is 153 Å². The first-order valence-corrected chi connectivity index (χ1v) is 9.82. The molecule has 0 atom stereocenters. The van der Waals surface area contributed by atoms with Gasteiger partial charge in [-0.25, -0.2) is 4.98 Å². The zero-order valence-electron chi connectivity index (χ0n) is 13.9. The number of aromatic nitrogens is 2. The third-order valence-electron chi connectivity index (χ3n) is 3.63. The van der Waals surface area contributed by atoms with Crippen molar-refractivity contribution in [2.75, 3.05) is 17.3 Å². The van der Waals surface area contributed by atoms with Crippen LogP contribution >= 0.6 is 23.5 Å². The summed E-state index contributed by atoms with van der Waals surface area (Å²) in [5, 5.41) is 3.97. The van der Waals surface area contributed by atoms with Crippen LogP contribution in [0.3, 0.4) is 0 Å². The van der Waals surface area contributed by atoms with E-state index in [-0.39, 0.29) is 17.2 Å². The Morgan fingerprint density at radius 3 is 2.80 bits per heavy atom. The van der Waals surface area contributed by atoms with Crippen LogP contribution in [0.15, 0.2) is 63.4 Å². The van der Waals surface area contributed by atoms with Crippen molar-refractivity contribution in [3.63, 3.8) is 0 Å². The van der Waals surface area contributed by atoms with Crippen molar-refractivity contribution < 1.29 is 4.79 Å². The molecule has 0 fully saturated rings. The first kappa shape index (κ1) is 17.6. The number of nitrogens with one attached hydrogen (secondary N) is 1. The lowest BCUT2D eigenvalue weighted by molar-refractivity contribution is -0.113. The third kappa shape index (κ3) is 4.05. The second kappa shape index (κ2) is 7.76. The Bertz CT molecular complexity index is 985. The molecule has 0 saturated heterocycles. The number of amides is 1. The summed E-state index contributed by atoms with van der Waals surface area (Å²) < 4.78 is 1.48. The van der Waals surface area contributed by atoms with Gasteiger partial charge in [0.1, 0.15) is 0 Å². The van der Waals surface area contributed by atoms with Crippen LogP contribution in [0, 0.1) is 0 Å². The molecule has 25 heavy (non-hydrogen) atoms. The highest BCUT2D eigenvalue weighted by atomic mass is 32.2. The van der Waals surface area contributed by atoms with Crippen molar-refractivity contribution in [3.05, 3.63) is 58.9 Å². The van der Waals surface area contributed by atoms with Crippen LogP contribution in [0.4, 0.5) is 5.69 Å². The lowest BCUT2D eigenvalue weighted by Gasteiger charge is -2.09. The average molecular weight is 371 g/mol. The largest absolute Gasteiger partial charge is 0.325 e. The van der Waals surface area contributed by atoms with Gasteiger partial charge in [0, 0.05) is 17.6 Å². The SMILES string of the molecule is CSc1cccc(NC(=O)CSc2nc3ccccc3c(=O)n2C)c1. The van der Waals surface area contributed by atoms with Gasteiger partial charge in [0.05, 0.1) is 16.7 Å². The van der Waals surface area contributed by atoms with E-state index in [0.717, 1.165) is 10.6 Å². The second-order valence-electron chi connectivity index (χ2n) is 5.34. The van der Waals surface area contributed by atoms with E-state index in [2.05, 4.69) is 10.3 Å². The standard InChI is InChI=1S/C18H17N3O2S2/c1-21-17(23)14-8-3-4-9-15(14)20-18(21)25-11-16(22)19-12-6-5-7-13(10-12)24-2/h3-10H,11H2,1-2H3,(H,19,22). The number of benzene rings is 2. The first-order valence-electron chi connectivity index (χ1n) is 7.61. The fourth-order valence-corrected chi connectivity index (χ4v) is 3.59. The maximum Gasteiger partial charge on any atom is 0.261 e. The number of carbonyl (C=O) groups excluding carboxylic acids is 1. The topological polar surface area (TPSA) is 64.0 Å². The summed E-state index contributed by atoms with van der Waals surface area (Å²) >= 11 is 2.87. The Morgan fingerprint density at radius 2 is 2.00 bits per heavy atom. The molecule has 7 heteroatoms. The lowest BCUT2D eigenvalue weighted by atomic mass is 10.2. The zero-order chi connectivity index (χ0) is 17.8. The van der Waals surface area contributed by atoms with E-state index in [0.29, 0.717) is 16.1 Å². The molecule has 128 valence electrons. The molecule has 0 unspecified atom stereocenters. The van der Waals surface area contributed by atoms with Crippen LogP contribution in [-0.2, 0) is 11.8 Å². The quantitative estimate of drug-likeness (QED) is 0.550. The molecule has 5 nitrogen and oxygen atoms in total. The first-order chi connectivity index (χ1) is 12.1. The molecule has 0 radical (unpaired) electrons. The summed E-state index contributed by atoms with van der Waals surface area (Å²) in [6, 6.07) is 14.9. The van der Waals surface area contributed by atoms with Crippen molar-refractivity contribution >= 4 is 46.0 Å². The summed E-state index contributed by atoms with van der Waals surface area (Å²) in [5.41, 5.74) is 1.29. The minimum atomic E-state index is -0.134. The van der Waals surface area contributed by atoms with Crippen LogP contribution in [0.1, 0.15) is 0 Å². The van der Waals surface area contributed by atoms with Gasteiger partial charge >= 0.3 is 0 Å². The Balaban J connectivity index is 1.73. The van der Waals surface area contributed by atoms with E-state index < -0.39 is 0 Å². The predicted molar refractivity (Wildman–Crippen MR) is 105 cm³/mol. The second-order valence-corrected chi connectivity index (χ2v) is 7.17. The molecule has 1 heterocycles. The van der Waals surface area contributed by atoms with Gasteiger partial charge in [-0.3, -0.25) is 14.2 Å². The lowest BCUT2D eigenvalue weighted by Crippen LogP contribution is -2.21. The van der Waals surface area contributed by atoms with Crippen LogP contribution in [-0.4, -0.2) is 27.5 Å². The van der Waals surface area contributed by atoms with E-state index in [1.54, 1.807) is 30.9 Å². The Hall–Kier alpha value is -2.25. The van der Waals surface area contributed by atoms with Crippen molar-refractivity contribution in [3.8, 4) is 0 Å². The maximum atomic E-state index is 12.4. The summed E-state index contributed by atoms with van der Waals surface area (Å²) in [6.45, 7) is 0. The van der Waals surface area contributed by atoms with Crippen molar-refractivity contribution in [2.45, 2.75) is 10.1 Å². The number of hydrogen-bond donors (Lipinski definition) is 1. The fourth-order valence-electron chi connectivity index (χ4n) is 2.35. The number of fused-ring (bicyclic) bond motifs is 1. The number of para-hydroxylation sites is 1. The molecule has 2 aromatic carbocycles. The number of nitrogens with zero attached hydrogens (tertiary/aromatic N) is 2. The van der Waals surface area contributed by atoms with Gasteiger partial charge < -0.3 is 5.32 Å². The molecule has 1 aromatic heterocycles. The molecule has 0 aliphatic carbocycles. The highest BCUT2D eigenvalue weighted by Gasteiger charge is 2.11. The van der Waals surface area contributed by atoms with E-state index >= 15 is 0 Å². The van der Waals surface area contributed by atoms with Crippen LogP contribution in [0.25, 0.3) is 10.9 Å². The molecule has 0 saturated carbocycles. The molecule has 0 aliphatic rings. The number of carbonyl (C=O) groups is 1.